The number of furan rings is 1. The van der Waals surface area contributed by atoms with Gasteiger partial charge in [-0.3, -0.25) is 4.79 Å². The molecular formula is C18H22O2. The second kappa shape index (κ2) is 5.43. The van der Waals surface area contributed by atoms with Gasteiger partial charge in [0.25, 0.3) is 0 Å². The van der Waals surface area contributed by atoms with Crippen LogP contribution in [0.2, 0.25) is 0 Å². The molecule has 0 bridgehead atoms. The molecule has 0 unspecified atom stereocenters. The van der Waals surface area contributed by atoms with Gasteiger partial charge in [-0.2, -0.15) is 0 Å². The number of para-hydroxylation sites is 1. The number of carbonyl (C=O) groups is 1. The number of fused-ring (bicyclic) bond motifs is 1. The molecular weight excluding hydrogens is 248 g/mol. The summed E-state index contributed by atoms with van der Waals surface area (Å²) in [7, 11) is 0. The molecule has 1 heterocycles. The van der Waals surface area contributed by atoms with Crippen LogP contribution in [-0.4, -0.2) is 5.78 Å². The van der Waals surface area contributed by atoms with Crippen LogP contribution >= 0.6 is 0 Å². The van der Waals surface area contributed by atoms with Gasteiger partial charge in [-0.25, -0.2) is 0 Å². The number of hydrogen-bond donors (Lipinski definition) is 0. The van der Waals surface area contributed by atoms with E-state index in [0.29, 0.717) is 5.78 Å². The first-order chi connectivity index (χ1) is 9.70. The van der Waals surface area contributed by atoms with Gasteiger partial charge in [0.1, 0.15) is 11.3 Å². The Bertz CT molecular complexity index is 615. The van der Waals surface area contributed by atoms with E-state index in [4.69, 9.17) is 4.42 Å². The van der Waals surface area contributed by atoms with Crippen LogP contribution in [0, 0.1) is 11.8 Å². The van der Waals surface area contributed by atoms with Crippen LogP contribution in [0.3, 0.4) is 0 Å². The summed E-state index contributed by atoms with van der Waals surface area (Å²) in [6.45, 7) is 4.34. The van der Waals surface area contributed by atoms with Crippen molar-refractivity contribution < 1.29 is 9.21 Å². The van der Waals surface area contributed by atoms with Crippen LogP contribution in [0.5, 0.6) is 0 Å². The fourth-order valence-electron chi connectivity index (χ4n) is 3.34. The van der Waals surface area contributed by atoms with Crippen molar-refractivity contribution in [1.29, 1.82) is 0 Å². The number of aryl methyl sites for hydroxylation is 1. The standard InChI is InChI=1S/C18H22O2/c1-3-15-17(14-6-4-5-7-16(14)20-15)18(19)13-10-8-12(2)9-11-13/h4-7,12-13H,3,8-11H2,1-2H3. The van der Waals surface area contributed by atoms with Gasteiger partial charge in [-0.1, -0.05) is 44.9 Å². The minimum Gasteiger partial charge on any atom is -0.460 e. The lowest BCUT2D eigenvalue weighted by molar-refractivity contribution is 0.0875. The normalized spacial score (nSPS) is 23.1. The highest BCUT2D eigenvalue weighted by Gasteiger charge is 2.29. The van der Waals surface area contributed by atoms with Gasteiger partial charge < -0.3 is 4.42 Å². The minimum absolute atomic E-state index is 0.192. The molecule has 0 radical (unpaired) electrons. The molecule has 106 valence electrons. The third-order valence-corrected chi connectivity index (χ3v) is 4.62. The summed E-state index contributed by atoms with van der Waals surface area (Å²) in [5.41, 5.74) is 1.69. The Hall–Kier alpha value is -1.57. The highest BCUT2D eigenvalue weighted by atomic mass is 16.3. The van der Waals surface area contributed by atoms with Crippen molar-refractivity contribution in [3.05, 3.63) is 35.6 Å². The van der Waals surface area contributed by atoms with E-state index in [9.17, 15) is 4.79 Å². The summed E-state index contributed by atoms with van der Waals surface area (Å²) in [5, 5.41) is 0.993. The van der Waals surface area contributed by atoms with E-state index >= 15 is 0 Å². The van der Waals surface area contributed by atoms with Crippen LogP contribution in [0.4, 0.5) is 0 Å². The molecule has 2 nitrogen and oxygen atoms in total. The highest BCUT2D eigenvalue weighted by Crippen LogP contribution is 2.34. The molecule has 3 rings (SSSR count). The molecule has 0 aliphatic heterocycles. The van der Waals surface area contributed by atoms with Crippen LogP contribution in [0.25, 0.3) is 11.0 Å². The van der Waals surface area contributed by atoms with Crippen LogP contribution < -0.4 is 0 Å². The lowest BCUT2D eigenvalue weighted by Crippen LogP contribution is -2.21. The van der Waals surface area contributed by atoms with Crippen LogP contribution in [0.1, 0.15) is 55.6 Å². The average Bonchev–Trinajstić information content (AvgIpc) is 2.85. The second-order valence-electron chi connectivity index (χ2n) is 6.07. The monoisotopic (exact) mass is 270 g/mol. The predicted molar refractivity (Wildman–Crippen MR) is 81.0 cm³/mol. The van der Waals surface area contributed by atoms with E-state index in [2.05, 4.69) is 13.8 Å². The topological polar surface area (TPSA) is 30.2 Å². The smallest absolute Gasteiger partial charge is 0.170 e. The fraction of sp³-hybridized carbons (Fsp3) is 0.500. The summed E-state index contributed by atoms with van der Waals surface area (Å²) in [4.78, 5) is 12.9. The third kappa shape index (κ3) is 2.28. The van der Waals surface area contributed by atoms with E-state index in [1.807, 2.05) is 24.3 Å². The molecule has 1 fully saturated rings. The number of benzene rings is 1. The first-order valence-electron chi connectivity index (χ1n) is 7.75. The molecule has 20 heavy (non-hydrogen) atoms. The molecule has 0 N–H and O–H groups in total. The average molecular weight is 270 g/mol. The number of hydrogen-bond acceptors (Lipinski definition) is 2. The number of Topliss-reactive ketones (excluding diaryl/α,β-unsaturated/α-hetero) is 1. The maximum Gasteiger partial charge on any atom is 0.170 e. The molecule has 0 saturated heterocycles. The van der Waals surface area contributed by atoms with Crippen molar-refractivity contribution >= 4 is 16.8 Å². The molecule has 1 aromatic carbocycles. The SMILES string of the molecule is CCc1oc2ccccc2c1C(=O)C1CCC(C)CC1. The summed E-state index contributed by atoms with van der Waals surface area (Å²) >= 11 is 0. The summed E-state index contributed by atoms with van der Waals surface area (Å²) < 4.78 is 5.86. The Balaban J connectivity index is 1.98. The van der Waals surface area contributed by atoms with Crippen LogP contribution in [0.15, 0.2) is 28.7 Å². The molecule has 0 atom stereocenters. The summed E-state index contributed by atoms with van der Waals surface area (Å²) in [6.07, 6.45) is 5.19. The molecule has 1 aliphatic carbocycles. The maximum absolute atomic E-state index is 12.9. The fourth-order valence-corrected chi connectivity index (χ4v) is 3.34. The molecule has 0 amide bonds. The van der Waals surface area contributed by atoms with Crippen molar-refractivity contribution in [3.63, 3.8) is 0 Å². The zero-order chi connectivity index (χ0) is 14.1. The minimum atomic E-state index is 0.192. The first-order valence-corrected chi connectivity index (χ1v) is 7.75. The Morgan fingerprint density at radius 3 is 2.60 bits per heavy atom. The molecule has 2 heteroatoms. The molecule has 2 aromatic rings. The summed E-state index contributed by atoms with van der Waals surface area (Å²) in [5.74, 6) is 2.12. The van der Waals surface area contributed by atoms with Gasteiger partial charge in [-0.15, -0.1) is 0 Å². The number of ketones is 1. The van der Waals surface area contributed by atoms with Gasteiger partial charge in [0.15, 0.2) is 5.78 Å². The van der Waals surface area contributed by atoms with E-state index in [0.717, 1.165) is 47.5 Å². The lowest BCUT2D eigenvalue weighted by atomic mass is 9.79. The number of carbonyl (C=O) groups excluding carboxylic acids is 1. The predicted octanol–water partition coefficient (Wildman–Crippen LogP) is 5.00. The Labute approximate surface area is 120 Å². The van der Waals surface area contributed by atoms with Crippen molar-refractivity contribution in [2.45, 2.75) is 46.0 Å². The van der Waals surface area contributed by atoms with Crippen molar-refractivity contribution in [2.24, 2.45) is 11.8 Å². The van der Waals surface area contributed by atoms with Gasteiger partial charge in [0.2, 0.25) is 0 Å². The molecule has 1 aliphatic rings. The Morgan fingerprint density at radius 1 is 1.20 bits per heavy atom. The van der Waals surface area contributed by atoms with Gasteiger partial charge in [-0.05, 0) is 24.8 Å². The maximum atomic E-state index is 12.9. The first kappa shape index (κ1) is 13.4. The number of rotatable bonds is 3. The Morgan fingerprint density at radius 2 is 1.90 bits per heavy atom. The third-order valence-electron chi connectivity index (χ3n) is 4.62. The van der Waals surface area contributed by atoms with Gasteiger partial charge >= 0.3 is 0 Å². The highest BCUT2D eigenvalue weighted by molar-refractivity contribution is 6.09. The van der Waals surface area contributed by atoms with Crippen molar-refractivity contribution in [2.75, 3.05) is 0 Å². The van der Waals surface area contributed by atoms with E-state index in [1.165, 1.54) is 12.8 Å². The molecule has 1 aromatic heterocycles. The zero-order valence-electron chi connectivity index (χ0n) is 12.3. The Kier molecular flexibility index (Phi) is 3.64. The van der Waals surface area contributed by atoms with E-state index in [1.54, 1.807) is 0 Å². The quantitative estimate of drug-likeness (QED) is 0.734. The molecule has 0 spiro atoms. The zero-order valence-corrected chi connectivity index (χ0v) is 12.3. The van der Waals surface area contributed by atoms with Crippen LogP contribution in [-0.2, 0) is 6.42 Å². The molecule has 1 saturated carbocycles. The van der Waals surface area contributed by atoms with Gasteiger partial charge in [0, 0.05) is 17.7 Å². The lowest BCUT2D eigenvalue weighted by Gasteiger charge is -2.25. The van der Waals surface area contributed by atoms with Crippen molar-refractivity contribution in [1.82, 2.24) is 0 Å². The van der Waals surface area contributed by atoms with Crippen molar-refractivity contribution in [3.8, 4) is 0 Å². The van der Waals surface area contributed by atoms with E-state index in [-0.39, 0.29) is 5.92 Å². The van der Waals surface area contributed by atoms with Gasteiger partial charge in [0.05, 0.1) is 5.56 Å². The summed E-state index contributed by atoms with van der Waals surface area (Å²) in [6, 6.07) is 7.91. The van der Waals surface area contributed by atoms with E-state index < -0.39 is 0 Å². The largest absolute Gasteiger partial charge is 0.460 e. The second-order valence-corrected chi connectivity index (χ2v) is 6.07.